The van der Waals surface area contributed by atoms with E-state index in [2.05, 4.69) is 17.4 Å². The molecule has 0 bridgehead atoms. The van der Waals surface area contributed by atoms with Gasteiger partial charge in [0.1, 0.15) is 6.04 Å². The van der Waals surface area contributed by atoms with Crippen molar-refractivity contribution in [2.45, 2.75) is 19.0 Å². The predicted molar refractivity (Wildman–Crippen MR) is 140 cm³/mol. The monoisotopic (exact) mass is 487 g/mol. The summed E-state index contributed by atoms with van der Waals surface area (Å²) in [5.74, 6) is -0.353. The molecule has 8 heteroatoms. The number of fused-ring (bicyclic) bond motifs is 1. The van der Waals surface area contributed by atoms with Crippen LogP contribution < -0.4 is 11.1 Å². The molecule has 1 saturated heterocycles. The average Bonchev–Trinajstić information content (AvgIpc) is 2.88. The van der Waals surface area contributed by atoms with E-state index in [0.717, 1.165) is 21.9 Å². The normalized spacial score (nSPS) is 14.9. The summed E-state index contributed by atoms with van der Waals surface area (Å²) in [6, 6.07) is 22.9. The second kappa shape index (κ2) is 11.7. The highest BCUT2D eigenvalue weighted by Crippen LogP contribution is 2.17. The van der Waals surface area contributed by atoms with Gasteiger partial charge in [-0.1, -0.05) is 72.8 Å². The van der Waals surface area contributed by atoms with Crippen LogP contribution in [0.4, 0.5) is 4.79 Å². The van der Waals surface area contributed by atoms with Crippen LogP contribution >= 0.6 is 0 Å². The van der Waals surface area contributed by atoms with Gasteiger partial charge >= 0.3 is 6.03 Å². The fourth-order valence-corrected chi connectivity index (χ4v) is 4.57. The molecule has 0 saturated carbocycles. The molecule has 0 unspecified atom stereocenters. The standard InChI is InChI=1S/C28H33N5O3/c1-31(19-21-7-3-2-4-8-21)27(35)25(18-22-11-12-23-9-5-6-10-24(23)17-22)30-26(34)20-32-13-15-33(16-14-32)28(29)36/h2-12,17,25H,13-16,18-20H2,1H3,(H2,29,36)(H,30,34)/t25-/m0/s1. The van der Waals surface area contributed by atoms with Gasteiger partial charge in [-0.25, -0.2) is 4.79 Å². The fraction of sp³-hybridized carbons (Fsp3) is 0.321. The van der Waals surface area contributed by atoms with Crippen LogP contribution in [0.25, 0.3) is 10.8 Å². The maximum atomic E-state index is 13.5. The molecule has 8 nitrogen and oxygen atoms in total. The van der Waals surface area contributed by atoms with Gasteiger partial charge in [-0.05, 0) is 21.9 Å². The quantitative estimate of drug-likeness (QED) is 0.509. The Balaban J connectivity index is 1.45. The summed E-state index contributed by atoms with van der Waals surface area (Å²) in [5, 5.41) is 5.21. The summed E-state index contributed by atoms with van der Waals surface area (Å²) < 4.78 is 0. The molecule has 1 aliphatic rings. The molecule has 36 heavy (non-hydrogen) atoms. The van der Waals surface area contributed by atoms with Crippen molar-refractivity contribution in [2.75, 3.05) is 39.8 Å². The highest BCUT2D eigenvalue weighted by Gasteiger charge is 2.27. The van der Waals surface area contributed by atoms with E-state index in [1.54, 1.807) is 16.8 Å². The van der Waals surface area contributed by atoms with Crippen LogP contribution in [0, 0.1) is 0 Å². The van der Waals surface area contributed by atoms with Crippen LogP contribution in [0.1, 0.15) is 11.1 Å². The zero-order valence-electron chi connectivity index (χ0n) is 20.6. The molecule has 1 atom stereocenters. The number of nitrogens with two attached hydrogens (primary N) is 1. The summed E-state index contributed by atoms with van der Waals surface area (Å²) in [7, 11) is 1.76. The Morgan fingerprint density at radius 3 is 2.25 bits per heavy atom. The molecule has 3 aromatic rings. The summed E-state index contributed by atoms with van der Waals surface area (Å²) in [6.45, 7) is 2.72. The molecule has 0 aliphatic carbocycles. The van der Waals surface area contributed by atoms with E-state index in [4.69, 9.17) is 5.73 Å². The van der Waals surface area contributed by atoms with Crippen LogP contribution in [0.15, 0.2) is 72.8 Å². The average molecular weight is 488 g/mol. The largest absolute Gasteiger partial charge is 0.351 e. The fourth-order valence-electron chi connectivity index (χ4n) is 4.57. The lowest BCUT2D eigenvalue weighted by Gasteiger charge is -2.33. The minimum absolute atomic E-state index is 0.140. The predicted octanol–water partition coefficient (Wildman–Crippen LogP) is 2.22. The number of piperazine rings is 1. The first-order chi connectivity index (χ1) is 17.4. The molecule has 0 spiro atoms. The van der Waals surface area contributed by atoms with Crippen LogP contribution in [0.5, 0.6) is 0 Å². The van der Waals surface area contributed by atoms with E-state index < -0.39 is 12.1 Å². The van der Waals surface area contributed by atoms with Gasteiger partial charge < -0.3 is 20.9 Å². The number of urea groups is 1. The Morgan fingerprint density at radius 2 is 1.56 bits per heavy atom. The molecule has 1 heterocycles. The summed E-state index contributed by atoms with van der Waals surface area (Å²) in [5.41, 5.74) is 7.36. The number of nitrogens with zero attached hydrogens (tertiary/aromatic N) is 3. The number of hydrogen-bond acceptors (Lipinski definition) is 4. The summed E-state index contributed by atoms with van der Waals surface area (Å²) in [6.07, 6.45) is 0.393. The molecule has 4 rings (SSSR count). The first kappa shape index (κ1) is 25.2. The van der Waals surface area contributed by atoms with Crippen molar-refractivity contribution >= 4 is 28.6 Å². The van der Waals surface area contributed by atoms with E-state index in [0.29, 0.717) is 39.1 Å². The van der Waals surface area contributed by atoms with Gasteiger partial charge in [0, 0.05) is 46.2 Å². The number of rotatable bonds is 8. The van der Waals surface area contributed by atoms with Gasteiger partial charge in [0.05, 0.1) is 6.54 Å². The SMILES string of the molecule is CN(Cc1ccccc1)C(=O)[C@H](Cc1ccc2ccccc2c1)NC(=O)CN1CCN(C(N)=O)CC1. The number of nitrogens with one attached hydrogen (secondary N) is 1. The number of carbonyl (C=O) groups excluding carboxylic acids is 3. The molecule has 4 amide bonds. The third-order valence-corrected chi connectivity index (χ3v) is 6.58. The maximum Gasteiger partial charge on any atom is 0.314 e. The van der Waals surface area contributed by atoms with Crippen molar-refractivity contribution < 1.29 is 14.4 Å². The minimum Gasteiger partial charge on any atom is -0.351 e. The molecule has 1 aliphatic heterocycles. The molecule has 188 valence electrons. The second-order valence-electron chi connectivity index (χ2n) is 9.29. The van der Waals surface area contributed by atoms with Gasteiger partial charge in [0.2, 0.25) is 11.8 Å². The van der Waals surface area contributed by atoms with Crippen molar-refractivity contribution in [1.29, 1.82) is 0 Å². The second-order valence-corrected chi connectivity index (χ2v) is 9.29. The Labute approximate surface area is 211 Å². The smallest absolute Gasteiger partial charge is 0.314 e. The molecular formula is C28H33N5O3. The summed E-state index contributed by atoms with van der Waals surface area (Å²) in [4.78, 5) is 43.1. The lowest BCUT2D eigenvalue weighted by molar-refractivity contribution is -0.136. The minimum atomic E-state index is -0.695. The molecule has 0 radical (unpaired) electrons. The molecular weight excluding hydrogens is 454 g/mol. The number of likely N-dealkylation sites (N-methyl/N-ethyl adjacent to an activating group) is 1. The Bertz CT molecular complexity index is 1210. The van der Waals surface area contributed by atoms with Crippen LogP contribution in [-0.4, -0.2) is 78.4 Å². The van der Waals surface area contributed by atoms with E-state index in [1.807, 2.05) is 65.6 Å². The highest BCUT2D eigenvalue weighted by molar-refractivity contribution is 5.89. The Morgan fingerprint density at radius 1 is 0.889 bits per heavy atom. The lowest BCUT2D eigenvalue weighted by atomic mass is 10.0. The number of amides is 4. The van der Waals surface area contributed by atoms with Crippen molar-refractivity contribution in [3.63, 3.8) is 0 Å². The van der Waals surface area contributed by atoms with Crippen molar-refractivity contribution in [1.82, 2.24) is 20.0 Å². The zero-order chi connectivity index (χ0) is 25.5. The maximum absolute atomic E-state index is 13.5. The number of primary amides is 1. The Hall–Kier alpha value is -3.91. The molecule has 0 aromatic heterocycles. The van der Waals surface area contributed by atoms with E-state index in [9.17, 15) is 14.4 Å². The topological polar surface area (TPSA) is 99.0 Å². The van der Waals surface area contributed by atoms with E-state index in [1.165, 1.54) is 0 Å². The Kier molecular flexibility index (Phi) is 8.17. The lowest BCUT2D eigenvalue weighted by Crippen LogP contribution is -2.54. The number of benzene rings is 3. The van der Waals surface area contributed by atoms with Gasteiger partial charge in [-0.2, -0.15) is 0 Å². The number of hydrogen-bond donors (Lipinski definition) is 2. The van der Waals surface area contributed by atoms with Gasteiger partial charge in [-0.15, -0.1) is 0 Å². The van der Waals surface area contributed by atoms with E-state index in [-0.39, 0.29) is 18.4 Å². The van der Waals surface area contributed by atoms with Crippen LogP contribution in [0.2, 0.25) is 0 Å². The van der Waals surface area contributed by atoms with Crippen molar-refractivity contribution in [3.8, 4) is 0 Å². The molecule has 1 fully saturated rings. The van der Waals surface area contributed by atoms with E-state index >= 15 is 0 Å². The highest BCUT2D eigenvalue weighted by atomic mass is 16.2. The molecule has 3 N–H and O–H groups in total. The third-order valence-electron chi connectivity index (χ3n) is 6.58. The first-order valence-corrected chi connectivity index (χ1v) is 12.2. The van der Waals surface area contributed by atoms with Gasteiger partial charge in [0.15, 0.2) is 0 Å². The van der Waals surface area contributed by atoms with Crippen LogP contribution in [-0.2, 0) is 22.6 Å². The number of carbonyl (C=O) groups is 3. The third kappa shape index (κ3) is 6.60. The van der Waals surface area contributed by atoms with Crippen LogP contribution in [0.3, 0.4) is 0 Å². The van der Waals surface area contributed by atoms with Crippen molar-refractivity contribution in [2.24, 2.45) is 5.73 Å². The van der Waals surface area contributed by atoms with Gasteiger partial charge in [0.25, 0.3) is 0 Å². The van der Waals surface area contributed by atoms with Crippen molar-refractivity contribution in [3.05, 3.63) is 83.9 Å². The van der Waals surface area contributed by atoms with Gasteiger partial charge in [-0.3, -0.25) is 14.5 Å². The zero-order valence-corrected chi connectivity index (χ0v) is 20.6. The summed E-state index contributed by atoms with van der Waals surface area (Å²) >= 11 is 0. The first-order valence-electron chi connectivity index (χ1n) is 12.2. The molecule has 3 aromatic carbocycles.